The number of halogens is 1. The number of aromatic nitrogens is 1. The number of anilines is 1. The maximum Gasteiger partial charge on any atom is 0.410 e. The van der Waals surface area contributed by atoms with E-state index in [0.717, 1.165) is 5.56 Å². The molecule has 2 aliphatic heterocycles. The summed E-state index contributed by atoms with van der Waals surface area (Å²) in [5.74, 6) is 1.38. The van der Waals surface area contributed by atoms with E-state index in [2.05, 4.69) is 17.6 Å². The molecule has 0 aliphatic carbocycles. The number of hydrogen-bond donors (Lipinski definition) is 0. The maximum atomic E-state index is 13.4. The van der Waals surface area contributed by atoms with E-state index in [1.807, 2.05) is 25.7 Å². The molecule has 0 saturated carbocycles. The summed E-state index contributed by atoms with van der Waals surface area (Å²) in [6.07, 6.45) is 3.68. The van der Waals surface area contributed by atoms with Crippen LogP contribution in [0.15, 0.2) is 43.1 Å². The lowest BCUT2D eigenvalue weighted by atomic mass is 10.0. The number of carbonyl (C=O) groups excluding carboxylic acids is 2. The molecular formula is C29H34ClN5O4S. The average molecular weight is 584 g/mol. The Labute approximate surface area is 242 Å². The van der Waals surface area contributed by atoms with E-state index >= 15 is 0 Å². The number of nitrogens with zero attached hydrogens (tertiary/aromatic N) is 5. The van der Waals surface area contributed by atoms with Crippen LogP contribution in [0.4, 0.5) is 10.6 Å². The molecule has 0 spiro atoms. The Bertz CT molecular complexity index is 1360. The monoisotopic (exact) mass is 583 g/mol. The molecule has 2 aliphatic rings. The van der Waals surface area contributed by atoms with Crippen LogP contribution < -0.4 is 4.90 Å². The van der Waals surface area contributed by atoms with Gasteiger partial charge in [-0.3, -0.25) is 9.00 Å². The van der Waals surface area contributed by atoms with Gasteiger partial charge in [-0.25, -0.2) is 9.78 Å². The fraction of sp³-hybridized carbons (Fsp3) is 0.448. The van der Waals surface area contributed by atoms with Gasteiger partial charge in [0.2, 0.25) is 0 Å². The van der Waals surface area contributed by atoms with Crippen LogP contribution in [0.3, 0.4) is 0 Å². The number of benzene rings is 1. The minimum Gasteiger partial charge on any atom is -0.444 e. The van der Waals surface area contributed by atoms with Crippen molar-refractivity contribution < 1.29 is 18.5 Å². The lowest BCUT2D eigenvalue weighted by Gasteiger charge is -2.36. The van der Waals surface area contributed by atoms with Gasteiger partial charge in [0.1, 0.15) is 17.5 Å². The van der Waals surface area contributed by atoms with Crippen molar-refractivity contribution in [2.75, 3.05) is 49.1 Å². The van der Waals surface area contributed by atoms with Crippen LogP contribution in [0, 0.1) is 11.3 Å². The zero-order valence-corrected chi connectivity index (χ0v) is 24.6. The molecule has 0 bridgehead atoms. The summed E-state index contributed by atoms with van der Waals surface area (Å²) in [5.41, 5.74) is 1.63. The molecule has 40 heavy (non-hydrogen) atoms. The van der Waals surface area contributed by atoms with Crippen molar-refractivity contribution in [2.24, 2.45) is 0 Å². The topological polar surface area (TPSA) is 107 Å². The minimum atomic E-state index is -0.920. The van der Waals surface area contributed by atoms with Crippen LogP contribution in [0.5, 0.6) is 0 Å². The molecule has 11 heteroatoms. The Kier molecular flexibility index (Phi) is 9.16. The van der Waals surface area contributed by atoms with E-state index < -0.39 is 16.4 Å². The van der Waals surface area contributed by atoms with Gasteiger partial charge < -0.3 is 19.4 Å². The predicted octanol–water partition coefficient (Wildman–Crippen LogP) is 4.48. The highest BCUT2D eigenvalue weighted by Gasteiger charge is 2.31. The molecule has 212 valence electrons. The molecule has 1 aromatic heterocycles. The lowest BCUT2D eigenvalue weighted by Crippen LogP contribution is -2.50. The van der Waals surface area contributed by atoms with E-state index in [1.165, 1.54) is 0 Å². The van der Waals surface area contributed by atoms with E-state index in [9.17, 15) is 19.1 Å². The number of rotatable bonds is 6. The Morgan fingerprint density at radius 1 is 1.25 bits per heavy atom. The number of piperazine rings is 1. The molecule has 4 rings (SSSR count). The second-order valence-corrected chi connectivity index (χ2v) is 12.9. The fourth-order valence-electron chi connectivity index (χ4n) is 4.83. The summed E-state index contributed by atoms with van der Waals surface area (Å²) < 4.78 is 17.4. The second kappa shape index (κ2) is 12.4. The summed E-state index contributed by atoms with van der Waals surface area (Å²) in [6, 6.07) is 9.05. The highest BCUT2D eigenvalue weighted by Crippen LogP contribution is 2.30. The highest BCUT2D eigenvalue weighted by molar-refractivity contribution is 7.85. The first-order valence-electron chi connectivity index (χ1n) is 13.2. The number of pyridine rings is 1. The number of hydrogen-bond acceptors (Lipinski definition) is 7. The Balaban J connectivity index is 1.49. The molecule has 2 amide bonds. The highest BCUT2D eigenvalue weighted by atomic mass is 35.5. The summed E-state index contributed by atoms with van der Waals surface area (Å²) in [5, 5.41) is 10.2. The van der Waals surface area contributed by atoms with E-state index in [1.54, 1.807) is 46.3 Å². The van der Waals surface area contributed by atoms with Crippen LogP contribution in [-0.2, 0) is 15.5 Å². The Hall–Kier alpha value is -3.42. The van der Waals surface area contributed by atoms with Crippen LogP contribution in [0.25, 0.3) is 11.1 Å². The standard InChI is InChI=1S/C29H34ClN5O4S/c1-5-9-35(23-8-14-40(38)19-23)27(36)24-7-6-20(16-25(24)30)22-15-21(17-31)26(32-18-22)33-10-12-34(13-11-33)28(37)39-29(2,3)4/h5-7,15-16,18,23H,1,8-14,19H2,2-4H3. The van der Waals surface area contributed by atoms with Gasteiger partial charge in [-0.15, -0.1) is 6.58 Å². The van der Waals surface area contributed by atoms with Gasteiger partial charge in [0, 0.05) is 72.8 Å². The number of carbonyl (C=O) groups is 2. The van der Waals surface area contributed by atoms with Crippen molar-refractivity contribution in [1.82, 2.24) is 14.8 Å². The van der Waals surface area contributed by atoms with Gasteiger partial charge in [-0.1, -0.05) is 23.7 Å². The van der Waals surface area contributed by atoms with Gasteiger partial charge >= 0.3 is 6.09 Å². The van der Waals surface area contributed by atoms with Gasteiger partial charge in [0.25, 0.3) is 5.91 Å². The molecule has 9 nitrogen and oxygen atoms in total. The van der Waals surface area contributed by atoms with E-state index in [0.29, 0.717) is 73.2 Å². The molecule has 2 saturated heterocycles. The van der Waals surface area contributed by atoms with Crippen LogP contribution >= 0.6 is 11.6 Å². The van der Waals surface area contributed by atoms with Crippen molar-refractivity contribution in [3.05, 3.63) is 59.3 Å². The first-order chi connectivity index (χ1) is 19.0. The molecule has 0 radical (unpaired) electrons. The first-order valence-corrected chi connectivity index (χ1v) is 15.1. The molecule has 0 N–H and O–H groups in total. The largest absolute Gasteiger partial charge is 0.444 e. The minimum absolute atomic E-state index is 0.108. The third kappa shape index (κ3) is 6.83. The number of amides is 2. The van der Waals surface area contributed by atoms with Gasteiger partial charge in [-0.05, 0) is 51.0 Å². The number of ether oxygens (including phenoxy) is 1. The van der Waals surface area contributed by atoms with Crippen LogP contribution in [0.1, 0.15) is 43.1 Å². The molecular weight excluding hydrogens is 550 g/mol. The quantitative estimate of drug-likeness (QED) is 0.461. The van der Waals surface area contributed by atoms with Crippen molar-refractivity contribution in [3.8, 4) is 17.2 Å². The summed E-state index contributed by atoms with van der Waals surface area (Å²) in [7, 11) is -0.920. The average Bonchev–Trinajstić information content (AvgIpc) is 3.35. The molecule has 2 unspecified atom stereocenters. The molecule has 2 aromatic rings. The zero-order valence-electron chi connectivity index (χ0n) is 23.1. The van der Waals surface area contributed by atoms with Crippen LogP contribution in [0.2, 0.25) is 5.02 Å². The van der Waals surface area contributed by atoms with Crippen molar-refractivity contribution >= 4 is 40.2 Å². The van der Waals surface area contributed by atoms with E-state index in [-0.39, 0.29) is 23.1 Å². The smallest absolute Gasteiger partial charge is 0.410 e. The van der Waals surface area contributed by atoms with E-state index in [4.69, 9.17) is 16.3 Å². The third-order valence-electron chi connectivity index (χ3n) is 6.84. The fourth-order valence-corrected chi connectivity index (χ4v) is 6.57. The normalized spacial score (nSPS) is 19.2. The third-order valence-corrected chi connectivity index (χ3v) is 8.60. The molecule has 2 atom stereocenters. The Morgan fingerprint density at radius 3 is 2.55 bits per heavy atom. The SMILES string of the molecule is C=CCN(C(=O)c1ccc(-c2cnc(N3CCN(C(=O)OC(C)(C)C)CC3)c(C#N)c2)cc1Cl)C1CCS(=O)C1. The van der Waals surface area contributed by atoms with Gasteiger partial charge in [-0.2, -0.15) is 5.26 Å². The van der Waals surface area contributed by atoms with Gasteiger partial charge in [0.05, 0.1) is 16.1 Å². The summed E-state index contributed by atoms with van der Waals surface area (Å²) >= 11 is 6.59. The molecule has 1 aromatic carbocycles. The summed E-state index contributed by atoms with van der Waals surface area (Å²) in [4.78, 5) is 35.7. The molecule has 2 fully saturated rings. The maximum absolute atomic E-state index is 13.4. The van der Waals surface area contributed by atoms with Gasteiger partial charge in [0.15, 0.2) is 0 Å². The second-order valence-electron chi connectivity index (χ2n) is 10.9. The number of nitriles is 1. The van der Waals surface area contributed by atoms with Crippen molar-refractivity contribution in [2.45, 2.75) is 38.8 Å². The van der Waals surface area contributed by atoms with Crippen molar-refractivity contribution in [3.63, 3.8) is 0 Å². The summed E-state index contributed by atoms with van der Waals surface area (Å²) in [6.45, 7) is 11.6. The molecule has 3 heterocycles. The zero-order chi connectivity index (χ0) is 29.0. The van der Waals surface area contributed by atoms with Crippen LogP contribution in [-0.4, -0.2) is 86.9 Å². The Morgan fingerprint density at radius 2 is 1.98 bits per heavy atom. The first kappa shape index (κ1) is 29.6. The predicted molar refractivity (Wildman–Crippen MR) is 157 cm³/mol. The lowest BCUT2D eigenvalue weighted by molar-refractivity contribution is 0.0240. The van der Waals surface area contributed by atoms with Crippen molar-refractivity contribution in [1.29, 1.82) is 5.26 Å².